The van der Waals surface area contributed by atoms with Gasteiger partial charge in [0.15, 0.2) is 4.96 Å². The minimum atomic E-state index is -0.0341. The molecule has 2 aliphatic rings. The summed E-state index contributed by atoms with van der Waals surface area (Å²) in [4.78, 5) is 30.7. The molecular weight excluding hydrogens is 348 g/mol. The first kappa shape index (κ1) is 16.0. The number of aromatic nitrogens is 4. The molecule has 136 valence electrons. The fourth-order valence-corrected chi connectivity index (χ4v) is 5.31. The molecule has 0 unspecified atom stereocenters. The van der Waals surface area contributed by atoms with Crippen LogP contribution in [0.1, 0.15) is 41.6 Å². The number of imidazole rings is 2. The summed E-state index contributed by atoms with van der Waals surface area (Å²) in [5.74, 6) is 0.0388. The Morgan fingerprint density at radius 3 is 2.96 bits per heavy atom. The predicted octanol–water partition coefficient (Wildman–Crippen LogP) is 2.13. The number of H-pyrrole nitrogens is 1. The highest BCUT2D eigenvalue weighted by Crippen LogP contribution is 2.42. The lowest BCUT2D eigenvalue weighted by atomic mass is 9.78. The zero-order valence-corrected chi connectivity index (χ0v) is 15.6. The first-order valence-electron chi connectivity index (χ1n) is 9.20. The van der Waals surface area contributed by atoms with Crippen LogP contribution in [0.5, 0.6) is 0 Å². The zero-order valence-electron chi connectivity index (χ0n) is 14.8. The van der Waals surface area contributed by atoms with Gasteiger partial charge in [-0.05, 0) is 19.4 Å². The van der Waals surface area contributed by atoms with E-state index in [0.717, 1.165) is 50.4 Å². The van der Waals surface area contributed by atoms with Crippen molar-refractivity contribution >= 4 is 22.2 Å². The minimum absolute atomic E-state index is 0.0341. The lowest BCUT2D eigenvalue weighted by Gasteiger charge is -2.50. The molecule has 7 nitrogen and oxygen atoms in total. The van der Waals surface area contributed by atoms with Gasteiger partial charge in [0.2, 0.25) is 0 Å². The van der Waals surface area contributed by atoms with E-state index in [1.165, 1.54) is 11.4 Å². The van der Waals surface area contributed by atoms with Crippen LogP contribution in [0.3, 0.4) is 0 Å². The minimum Gasteiger partial charge on any atom is -0.348 e. The van der Waals surface area contributed by atoms with Crippen LogP contribution in [0.2, 0.25) is 0 Å². The molecule has 1 N–H and O–H groups in total. The van der Waals surface area contributed by atoms with E-state index in [0.29, 0.717) is 5.69 Å². The number of hydrogen-bond donors (Lipinski definition) is 1. The maximum Gasteiger partial charge on any atom is 0.274 e. The van der Waals surface area contributed by atoms with Gasteiger partial charge >= 0.3 is 0 Å². The Hall–Kier alpha value is -2.19. The van der Waals surface area contributed by atoms with E-state index in [1.807, 2.05) is 33.4 Å². The number of piperidine rings is 1. The molecule has 0 bridgehead atoms. The largest absolute Gasteiger partial charge is 0.348 e. The van der Waals surface area contributed by atoms with Crippen LogP contribution in [-0.4, -0.2) is 61.2 Å². The topological polar surface area (TPSA) is 69.5 Å². The fraction of sp³-hybridized carbons (Fsp3) is 0.500. The fourth-order valence-electron chi connectivity index (χ4n) is 4.61. The lowest BCUT2D eigenvalue weighted by Crippen LogP contribution is -2.57. The summed E-state index contributed by atoms with van der Waals surface area (Å²) in [7, 11) is 0. The molecule has 2 aliphatic heterocycles. The standard InChI is InChI=1S/C18H22N6OS/c1-2-24-6-3-13-15(20-12-19-13)18(24)4-7-22(8-5-18)16(25)14-11-23-9-10-26-17(23)21-14/h9-12H,2-8H2,1H3,(H,19,20). The van der Waals surface area contributed by atoms with Crippen molar-refractivity contribution < 1.29 is 4.79 Å². The smallest absolute Gasteiger partial charge is 0.274 e. The molecule has 0 radical (unpaired) electrons. The van der Waals surface area contributed by atoms with Crippen molar-refractivity contribution in [3.63, 3.8) is 0 Å². The zero-order chi connectivity index (χ0) is 17.7. The van der Waals surface area contributed by atoms with Gasteiger partial charge in [0, 0.05) is 49.5 Å². The van der Waals surface area contributed by atoms with Crippen molar-refractivity contribution in [2.75, 3.05) is 26.2 Å². The van der Waals surface area contributed by atoms with Gasteiger partial charge in [0.25, 0.3) is 5.91 Å². The number of nitrogens with zero attached hydrogens (tertiary/aromatic N) is 5. The molecule has 0 saturated carbocycles. The quantitative estimate of drug-likeness (QED) is 0.750. The van der Waals surface area contributed by atoms with Crippen LogP contribution in [0.25, 0.3) is 4.96 Å². The molecule has 5 heterocycles. The van der Waals surface area contributed by atoms with E-state index in [1.54, 1.807) is 11.3 Å². The Morgan fingerprint density at radius 1 is 1.35 bits per heavy atom. The van der Waals surface area contributed by atoms with Crippen molar-refractivity contribution in [2.45, 2.75) is 31.7 Å². The van der Waals surface area contributed by atoms with Gasteiger partial charge in [-0.1, -0.05) is 6.92 Å². The van der Waals surface area contributed by atoms with Gasteiger partial charge in [-0.25, -0.2) is 9.97 Å². The van der Waals surface area contributed by atoms with Gasteiger partial charge in [-0.15, -0.1) is 11.3 Å². The number of rotatable bonds is 2. The van der Waals surface area contributed by atoms with Gasteiger partial charge in [-0.3, -0.25) is 14.1 Å². The van der Waals surface area contributed by atoms with E-state index < -0.39 is 0 Å². The molecule has 1 fully saturated rings. The van der Waals surface area contributed by atoms with Crippen molar-refractivity contribution in [3.8, 4) is 0 Å². The molecule has 0 atom stereocenters. The number of amides is 1. The number of hydrogen-bond acceptors (Lipinski definition) is 5. The summed E-state index contributed by atoms with van der Waals surface area (Å²) in [5.41, 5.74) is 2.97. The van der Waals surface area contributed by atoms with Gasteiger partial charge in [0.05, 0.1) is 17.6 Å². The number of nitrogens with one attached hydrogen (secondary N) is 1. The molecule has 1 saturated heterocycles. The van der Waals surface area contributed by atoms with E-state index in [-0.39, 0.29) is 11.4 Å². The predicted molar refractivity (Wildman–Crippen MR) is 99.4 cm³/mol. The second-order valence-corrected chi connectivity index (χ2v) is 7.98. The molecule has 5 rings (SSSR count). The van der Waals surface area contributed by atoms with Crippen molar-refractivity contribution in [3.05, 3.63) is 41.2 Å². The van der Waals surface area contributed by atoms with Gasteiger partial charge in [-0.2, -0.15) is 0 Å². The Bertz CT molecular complexity index is 919. The van der Waals surface area contributed by atoms with Crippen molar-refractivity contribution in [1.29, 1.82) is 0 Å². The normalized spacial score (nSPS) is 20.0. The molecule has 1 amide bonds. The first-order valence-corrected chi connectivity index (χ1v) is 10.1. The molecule has 0 aliphatic carbocycles. The second-order valence-electron chi connectivity index (χ2n) is 7.10. The number of aromatic amines is 1. The van der Waals surface area contributed by atoms with E-state index in [4.69, 9.17) is 0 Å². The summed E-state index contributed by atoms with van der Waals surface area (Å²) in [6.45, 7) is 5.77. The summed E-state index contributed by atoms with van der Waals surface area (Å²) in [6.07, 6.45) is 8.47. The maximum atomic E-state index is 12.9. The average molecular weight is 370 g/mol. The Labute approximate surface area is 155 Å². The highest BCUT2D eigenvalue weighted by molar-refractivity contribution is 7.15. The SMILES string of the molecule is CCN1CCc2[nH]cnc2C12CCN(C(=O)c1cn3ccsc3n1)CC2. The summed E-state index contributed by atoms with van der Waals surface area (Å²) < 4.78 is 1.92. The van der Waals surface area contributed by atoms with Gasteiger partial charge < -0.3 is 9.88 Å². The lowest BCUT2D eigenvalue weighted by molar-refractivity contribution is 0.0101. The summed E-state index contributed by atoms with van der Waals surface area (Å²) in [5, 5.41) is 1.98. The van der Waals surface area contributed by atoms with Crippen LogP contribution < -0.4 is 0 Å². The van der Waals surface area contributed by atoms with E-state index >= 15 is 0 Å². The third-order valence-electron chi connectivity index (χ3n) is 5.97. The third-order valence-corrected chi connectivity index (χ3v) is 6.74. The highest BCUT2D eigenvalue weighted by Gasteiger charge is 2.46. The monoisotopic (exact) mass is 370 g/mol. The average Bonchev–Trinajstić information content (AvgIpc) is 3.38. The number of carbonyl (C=O) groups is 1. The van der Waals surface area contributed by atoms with Gasteiger partial charge in [0.1, 0.15) is 5.69 Å². The molecule has 1 spiro atoms. The summed E-state index contributed by atoms with van der Waals surface area (Å²) >= 11 is 1.55. The Morgan fingerprint density at radius 2 is 2.19 bits per heavy atom. The van der Waals surface area contributed by atoms with Crippen LogP contribution in [-0.2, 0) is 12.0 Å². The van der Waals surface area contributed by atoms with Crippen molar-refractivity contribution in [2.24, 2.45) is 0 Å². The molecule has 8 heteroatoms. The molecule has 0 aromatic carbocycles. The van der Waals surface area contributed by atoms with E-state index in [9.17, 15) is 4.79 Å². The van der Waals surface area contributed by atoms with Crippen LogP contribution in [0.15, 0.2) is 24.1 Å². The third kappa shape index (κ3) is 2.25. The Kier molecular flexibility index (Phi) is 3.65. The number of carbonyl (C=O) groups excluding carboxylic acids is 1. The second kappa shape index (κ2) is 5.92. The summed E-state index contributed by atoms with van der Waals surface area (Å²) in [6, 6.07) is 0. The highest BCUT2D eigenvalue weighted by atomic mass is 32.1. The molecule has 3 aromatic rings. The number of likely N-dealkylation sites (N-methyl/N-ethyl adjacent to an activating group) is 1. The molecular formula is C18H22N6OS. The van der Waals surface area contributed by atoms with Crippen LogP contribution in [0, 0.1) is 0 Å². The van der Waals surface area contributed by atoms with E-state index in [2.05, 4.69) is 26.8 Å². The maximum absolute atomic E-state index is 12.9. The number of thiazole rings is 1. The number of fused-ring (bicyclic) bond motifs is 3. The van der Waals surface area contributed by atoms with Crippen LogP contribution in [0.4, 0.5) is 0 Å². The number of likely N-dealkylation sites (tertiary alicyclic amines) is 1. The van der Waals surface area contributed by atoms with Crippen LogP contribution >= 0.6 is 11.3 Å². The Balaban J connectivity index is 1.38. The van der Waals surface area contributed by atoms with Crippen molar-refractivity contribution in [1.82, 2.24) is 29.2 Å². The molecule has 3 aromatic heterocycles. The first-order chi connectivity index (χ1) is 12.7. The molecule has 26 heavy (non-hydrogen) atoms.